The van der Waals surface area contributed by atoms with Crippen LogP contribution in [0.2, 0.25) is 0 Å². The normalized spacial score (nSPS) is 14.9. The van der Waals surface area contributed by atoms with Gasteiger partial charge < -0.3 is 24.4 Å². The zero-order chi connectivity index (χ0) is 21.4. The lowest BCUT2D eigenvalue weighted by Gasteiger charge is -2.33. The molecule has 29 heavy (non-hydrogen) atoms. The number of carbonyl (C=O) groups is 2. The van der Waals surface area contributed by atoms with Crippen LogP contribution in [0, 0.1) is 0 Å². The second-order valence-electron chi connectivity index (χ2n) is 7.12. The maximum Gasteiger partial charge on any atom is 0.246 e. The highest BCUT2D eigenvalue weighted by atomic mass is 16.5. The van der Waals surface area contributed by atoms with E-state index in [2.05, 4.69) is 10.2 Å². The highest BCUT2D eigenvalue weighted by Crippen LogP contribution is 2.38. The first kappa shape index (κ1) is 22.5. The van der Waals surface area contributed by atoms with Crippen LogP contribution in [0.25, 0.3) is 6.08 Å². The van der Waals surface area contributed by atoms with E-state index in [-0.39, 0.29) is 17.9 Å². The number of hydrogen-bond acceptors (Lipinski definition) is 6. The minimum atomic E-state index is -0.0648. The van der Waals surface area contributed by atoms with E-state index in [1.807, 2.05) is 13.8 Å². The molecular weight excluding hydrogens is 374 g/mol. The van der Waals surface area contributed by atoms with Crippen LogP contribution in [0.1, 0.15) is 19.4 Å². The van der Waals surface area contributed by atoms with Crippen LogP contribution in [-0.4, -0.2) is 81.7 Å². The highest BCUT2D eigenvalue weighted by Gasteiger charge is 2.21. The summed E-state index contributed by atoms with van der Waals surface area (Å²) < 4.78 is 16.0. The molecule has 0 aromatic heterocycles. The van der Waals surface area contributed by atoms with Gasteiger partial charge in [-0.1, -0.05) is 0 Å². The van der Waals surface area contributed by atoms with Crippen LogP contribution in [0.3, 0.4) is 0 Å². The van der Waals surface area contributed by atoms with Gasteiger partial charge in [-0.2, -0.15) is 0 Å². The van der Waals surface area contributed by atoms with E-state index in [4.69, 9.17) is 14.2 Å². The molecule has 1 aliphatic heterocycles. The summed E-state index contributed by atoms with van der Waals surface area (Å²) in [4.78, 5) is 28.2. The van der Waals surface area contributed by atoms with Gasteiger partial charge in [0.2, 0.25) is 17.6 Å². The average molecular weight is 405 g/mol. The van der Waals surface area contributed by atoms with E-state index in [9.17, 15) is 9.59 Å². The molecule has 0 aliphatic carbocycles. The fourth-order valence-corrected chi connectivity index (χ4v) is 3.17. The van der Waals surface area contributed by atoms with E-state index >= 15 is 0 Å². The molecule has 1 aromatic rings. The molecular formula is C21H31N3O5. The fourth-order valence-electron chi connectivity index (χ4n) is 3.17. The number of rotatable bonds is 8. The maximum atomic E-state index is 12.5. The van der Waals surface area contributed by atoms with Crippen LogP contribution in [0.15, 0.2) is 18.2 Å². The van der Waals surface area contributed by atoms with E-state index in [1.165, 1.54) is 0 Å². The SMILES string of the molecule is COc1cc(C=CC(=O)N2CCN(CC(=O)NC(C)C)CC2)cc(OC)c1OC. The summed E-state index contributed by atoms with van der Waals surface area (Å²) >= 11 is 0. The predicted molar refractivity (Wildman–Crippen MR) is 111 cm³/mol. The Hall–Kier alpha value is -2.74. The number of carbonyl (C=O) groups excluding carboxylic acids is 2. The zero-order valence-electron chi connectivity index (χ0n) is 17.9. The number of benzene rings is 1. The topological polar surface area (TPSA) is 80.3 Å². The molecule has 1 saturated heterocycles. The Morgan fingerprint density at radius 2 is 1.62 bits per heavy atom. The van der Waals surface area contributed by atoms with Gasteiger partial charge in [-0.25, -0.2) is 0 Å². The van der Waals surface area contributed by atoms with Crippen molar-refractivity contribution < 1.29 is 23.8 Å². The summed E-state index contributed by atoms with van der Waals surface area (Å²) in [7, 11) is 4.65. The van der Waals surface area contributed by atoms with Crippen molar-refractivity contribution in [1.82, 2.24) is 15.1 Å². The van der Waals surface area contributed by atoms with Crippen molar-refractivity contribution in [3.63, 3.8) is 0 Å². The molecule has 2 rings (SSSR count). The number of methoxy groups -OCH3 is 3. The Labute approximate surface area is 172 Å². The molecule has 1 heterocycles. The molecule has 0 spiro atoms. The molecule has 0 saturated carbocycles. The highest BCUT2D eigenvalue weighted by molar-refractivity contribution is 5.92. The van der Waals surface area contributed by atoms with Crippen LogP contribution >= 0.6 is 0 Å². The molecule has 2 amide bonds. The molecule has 1 N–H and O–H groups in total. The van der Waals surface area contributed by atoms with Crippen molar-refractivity contribution in [1.29, 1.82) is 0 Å². The van der Waals surface area contributed by atoms with Gasteiger partial charge in [0.05, 0.1) is 27.9 Å². The van der Waals surface area contributed by atoms with Crippen LogP contribution < -0.4 is 19.5 Å². The Morgan fingerprint density at radius 3 is 2.10 bits per heavy atom. The molecule has 8 heteroatoms. The third kappa shape index (κ3) is 6.39. The van der Waals surface area contributed by atoms with Gasteiger partial charge in [-0.05, 0) is 37.6 Å². The average Bonchev–Trinajstić information content (AvgIpc) is 2.70. The Balaban J connectivity index is 1.94. The standard InChI is InChI=1S/C21H31N3O5/c1-15(2)22-19(25)14-23-8-10-24(11-9-23)20(26)7-6-16-12-17(27-3)21(29-5)18(13-16)28-4/h6-7,12-13,15H,8-11,14H2,1-5H3,(H,22,25). The third-order valence-corrected chi connectivity index (χ3v) is 4.61. The number of ether oxygens (including phenoxy) is 3. The lowest BCUT2D eigenvalue weighted by molar-refractivity contribution is -0.128. The molecule has 1 aliphatic rings. The first-order valence-electron chi connectivity index (χ1n) is 9.66. The number of nitrogens with zero attached hydrogens (tertiary/aromatic N) is 2. The monoisotopic (exact) mass is 405 g/mol. The number of amides is 2. The van der Waals surface area contributed by atoms with Gasteiger partial charge in [-0.15, -0.1) is 0 Å². The van der Waals surface area contributed by atoms with Crippen molar-refractivity contribution in [3.05, 3.63) is 23.8 Å². The summed E-state index contributed by atoms with van der Waals surface area (Å²) in [5.74, 6) is 1.53. The van der Waals surface area contributed by atoms with Crippen molar-refractivity contribution >= 4 is 17.9 Å². The second-order valence-corrected chi connectivity index (χ2v) is 7.12. The van der Waals surface area contributed by atoms with E-state index in [0.29, 0.717) is 50.0 Å². The van der Waals surface area contributed by atoms with Crippen molar-refractivity contribution in [2.75, 3.05) is 54.1 Å². The van der Waals surface area contributed by atoms with Gasteiger partial charge >= 0.3 is 0 Å². The minimum Gasteiger partial charge on any atom is -0.493 e. The Morgan fingerprint density at radius 1 is 1.03 bits per heavy atom. The molecule has 1 aromatic carbocycles. The molecule has 1 fully saturated rings. The van der Waals surface area contributed by atoms with Crippen LogP contribution in [0.4, 0.5) is 0 Å². The van der Waals surface area contributed by atoms with Gasteiger partial charge in [0.15, 0.2) is 11.5 Å². The maximum absolute atomic E-state index is 12.5. The number of hydrogen-bond donors (Lipinski definition) is 1. The third-order valence-electron chi connectivity index (χ3n) is 4.61. The fraction of sp³-hybridized carbons (Fsp3) is 0.524. The first-order valence-corrected chi connectivity index (χ1v) is 9.66. The molecule has 0 bridgehead atoms. The minimum absolute atomic E-state index is 0.0158. The lowest BCUT2D eigenvalue weighted by atomic mass is 10.1. The summed E-state index contributed by atoms with van der Waals surface area (Å²) in [5, 5.41) is 2.89. The predicted octanol–water partition coefficient (Wildman–Crippen LogP) is 1.39. The molecule has 0 atom stereocenters. The Bertz CT molecular complexity index is 715. The molecule has 8 nitrogen and oxygen atoms in total. The van der Waals surface area contributed by atoms with Gasteiger partial charge in [0.25, 0.3) is 0 Å². The van der Waals surface area contributed by atoms with Crippen molar-refractivity contribution in [2.24, 2.45) is 0 Å². The molecule has 0 unspecified atom stereocenters. The first-order chi connectivity index (χ1) is 13.9. The smallest absolute Gasteiger partial charge is 0.246 e. The van der Waals surface area contributed by atoms with E-state index in [0.717, 1.165) is 5.56 Å². The summed E-state index contributed by atoms with van der Waals surface area (Å²) in [6, 6.07) is 3.71. The van der Waals surface area contributed by atoms with Crippen LogP contribution in [-0.2, 0) is 9.59 Å². The van der Waals surface area contributed by atoms with Gasteiger partial charge in [0, 0.05) is 38.3 Å². The molecule has 0 radical (unpaired) electrons. The van der Waals surface area contributed by atoms with E-state index in [1.54, 1.807) is 50.5 Å². The van der Waals surface area contributed by atoms with Crippen LogP contribution in [0.5, 0.6) is 17.2 Å². The summed E-state index contributed by atoms with van der Waals surface area (Å²) in [5.41, 5.74) is 0.775. The number of piperazine rings is 1. The zero-order valence-corrected chi connectivity index (χ0v) is 17.9. The summed E-state index contributed by atoms with van der Waals surface area (Å²) in [6.45, 7) is 6.77. The van der Waals surface area contributed by atoms with Gasteiger partial charge in [0.1, 0.15) is 0 Å². The number of nitrogens with one attached hydrogen (secondary N) is 1. The summed E-state index contributed by atoms with van der Waals surface area (Å²) in [6.07, 6.45) is 3.27. The second kappa shape index (κ2) is 10.7. The lowest BCUT2D eigenvalue weighted by Crippen LogP contribution is -2.51. The Kier molecular flexibility index (Phi) is 8.33. The van der Waals surface area contributed by atoms with E-state index < -0.39 is 0 Å². The van der Waals surface area contributed by atoms with Gasteiger partial charge in [-0.3, -0.25) is 14.5 Å². The molecule has 160 valence electrons. The van der Waals surface area contributed by atoms with Crippen molar-refractivity contribution in [3.8, 4) is 17.2 Å². The largest absolute Gasteiger partial charge is 0.493 e. The van der Waals surface area contributed by atoms with Crippen molar-refractivity contribution in [2.45, 2.75) is 19.9 Å². The quantitative estimate of drug-likeness (QED) is 0.659.